The number of aliphatic carboxylic acids is 1. The molecular weight excluding hydrogens is 482 g/mol. The van der Waals surface area contributed by atoms with Gasteiger partial charge >= 0.3 is 5.97 Å². The van der Waals surface area contributed by atoms with Crippen LogP contribution in [0.4, 0.5) is 0 Å². The van der Waals surface area contributed by atoms with Gasteiger partial charge in [0.2, 0.25) is 0 Å². The second-order valence-electron chi connectivity index (χ2n) is 9.96. The minimum absolute atomic E-state index is 0.0221. The molecule has 7 nitrogen and oxygen atoms in total. The van der Waals surface area contributed by atoms with E-state index in [0.29, 0.717) is 6.61 Å². The maximum Gasteiger partial charge on any atom is 0.335 e. The number of rotatable bonds is 12. The van der Waals surface area contributed by atoms with Gasteiger partial charge in [-0.25, -0.2) is 4.79 Å². The zero-order valence-electron chi connectivity index (χ0n) is 21.9. The average molecular weight is 520 g/mol. The Morgan fingerprint density at radius 3 is 1.53 bits per heavy atom. The highest BCUT2D eigenvalue weighted by Crippen LogP contribution is 2.33. The van der Waals surface area contributed by atoms with Crippen molar-refractivity contribution in [2.45, 2.75) is 70.2 Å². The molecule has 0 unspecified atom stereocenters. The normalized spacial score (nSPS) is 24.3. The van der Waals surface area contributed by atoms with E-state index in [1.807, 2.05) is 105 Å². The van der Waals surface area contributed by atoms with Gasteiger partial charge in [-0.2, -0.15) is 0 Å². The molecule has 0 aliphatic carbocycles. The Hall–Kier alpha value is -3.07. The van der Waals surface area contributed by atoms with Crippen molar-refractivity contribution in [3.63, 3.8) is 0 Å². The summed E-state index contributed by atoms with van der Waals surface area (Å²) in [5.74, 6) is -1.10. The highest BCUT2D eigenvalue weighted by atomic mass is 16.6. The van der Waals surface area contributed by atoms with Crippen LogP contribution in [0.3, 0.4) is 0 Å². The number of hydrogen-bond acceptors (Lipinski definition) is 6. The van der Waals surface area contributed by atoms with Gasteiger partial charge in [-0.15, -0.1) is 0 Å². The van der Waals surface area contributed by atoms with E-state index in [0.717, 1.165) is 16.7 Å². The molecule has 0 radical (unpaired) electrons. The van der Waals surface area contributed by atoms with Crippen molar-refractivity contribution in [1.29, 1.82) is 0 Å². The van der Waals surface area contributed by atoms with Crippen LogP contribution in [0, 0.1) is 5.92 Å². The second kappa shape index (κ2) is 13.6. The number of carbonyl (C=O) groups is 1. The van der Waals surface area contributed by atoms with Crippen LogP contribution in [0.5, 0.6) is 0 Å². The molecule has 0 amide bonds. The summed E-state index contributed by atoms with van der Waals surface area (Å²) in [7, 11) is 0. The van der Waals surface area contributed by atoms with E-state index < -0.39 is 42.5 Å². The summed E-state index contributed by atoms with van der Waals surface area (Å²) in [6.45, 7) is 4.73. The maximum absolute atomic E-state index is 12.5. The third-order valence-electron chi connectivity index (χ3n) is 6.82. The molecular formula is C31H37NO6. The number of carboxylic acids is 1. The zero-order valence-corrected chi connectivity index (χ0v) is 21.9. The fourth-order valence-electron chi connectivity index (χ4n) is 4.62. The second-order valence-corrected chi connectivity index (χ2v) is 9.96. The molecule has 0 spiro atoms. The van der Waals surface area contributed by atoms with Crippen LogP contribution in [0.2, 0.25) is 0 Å². The molecule has 202 valence electrons. The minimum atomic E-state index is -1.27. The number of carboxylic acid groups (broad SMARTS) is 1. The first-order valence-corrected chi connectivity index (χ1v) is 13.0. The monoisotopic (exact) mass is 519 g/mol. The van der Waals surface area contributed by atoms with Crippen molar-refractivity contribution in [2.24, 2.45) is 11.7 Å². The quantitative estimate of drug-likeness (QED) is 0.361. The summed E-state index contributed by atoms with van der Waals surface area (Å²) in [5, 5.41) is 10.2. The van der Waals surface area contributed by atoms with Crippen LogP contribution in [0.15, 0.2) is 91.0 Å². The number of nitrogens with two attached hydrogens (primary N) is 1. The van der Waals surface area contributed by atoms with Gasteiger partial charge < -0.3 is 29.8 Å². The standard InChI is InChI=1S/C31H37NO6/c1-21(2)25(32)26-27(35-18-22-12-6-3-7-13-22)28(36-19-23-14-8-4-9-15-23)29(30(38-26)31(33)34)37-20-24-16-10-5-11-17-24/h3-17,21,25-30H,18-20,32H2,1-2H3,(H,33,34)/t25-,26-,27-,28+,29-,30-/m0/s1. The molecule has 6 atom stereocenters. The Balaban J connectivity index is 1.67. The number of ether oxygens (including phenoxy) is 4. The fraction of sp³-hybridized carbons (Fsp3) is 0.387. The van der Waals surface area contributed by atoms with Gasteiger partial charge in [-0.3, -0.25) is 0 Å². The molecule has 1 aliphatic rings. The summed E-state index contributed by atoms with van der Waals surface area (Å²) in [5.41, 5.74) is 9.45. The first-order valence-electron chi connectivity index (χ1n) is 13.0. The fourth-order valence-corrected chi connectivity index (χ4v) is 4.62. The lowest BCUT2D eigenvalue weighted by molar-refractivity contribution is -0.269. The molecule has 4 rings (SSSR count). The van der Waals surface area contributed by atoms with Gasteiger partial charge in [0.1, 0.15) is 24.4 Å². The van der Waals surface area contributed by atoms with E-state index in [-0.39, 0.29) is 19.1 Å². The minimum Gasteiger partial charge on any atom is -0.479 e. The Kier molecular flexibility index (Phi) is 10.0. The lowest BCUT2D eigenvalue weighted by atomic mass is 9.86. The van der Waals surface area contributed by atoms with Gasteiger partial charge in [0.15, 0.2) is 6.10 Å². The van der Waals surface area contributed by atoms with Crippen LogP contribution in [0.1, 0.15) is 30.5 Å². The highest BCUT2D eigenvalue weighted by Gasteiger charge is 2.52. The largest absolute Gasteiger partial charge is 0.479 e. The van der Waals surface area contributed by atoms with Gasteiger partial charge in [0.25, 0.3) is 0 Å². The summed E-state index contributed by atoms with van der Waals surface area (Å²) in [6.07, 6.45) is -4.31. The van der Waals surface area contributed by atoms with Gasteiger partial charge in [-0.1, -0.05) is 105 Å². The lowest BCUT2D eigenvalue weighted by Crippen LogP contribution is -2.66. The van der Waals surface area contributed by atoms with Crippen LogP contribution >= 0.6 is 0 Å². The van der Waals surface area contributed by atoms with Crippen molar-refractivity contribution in [3.05, 3.63) is 108 Å². The van der Waals surface area contributed by atoms with E-state index in [2.05, 4.69) is 0 Å². The van der Waals surface area contributed by atoms with Crippen LogP contribution in [-0.2, 0) is 43.6 Å². The van der Waals surface area contributed by atoms with Gasteiger partial charge in [0, 0.05) is 6.04 Å². The molecule has 3 N–H and O–H groups in total. The summed E-state index contributed by atoms with van der Waals surface area (Å²) in [4.78, 5) is 12.5. The molecule has 1 aliphatic heterocycles. The van der Waals surface area contributed by atoms with E-state index in [1.165, 1.54) is 0 Å². The highest BCUT2D eigenvalue weighted by molar-refractivity contribution is 5.73. The molecule has 1 heterocycles. The topological polar surface area (TPSA) is 100 Å². The third-order valence-corrected chi connectivity index (χ3v) is 6.82. The smallest absolute Gasteiger partial charge is 0.335 e. The average Bonchev–Trinajstić information content (AvgIpc) is 2.94. The molecule has 7 heteroatoms. The van der Waals surface area contributed by atoms with Crippen molar-refractivity contribution in [3.8, 4) is 0 Å². The molecule has 38 heavy (non-hydrogen) atoms. The molecule has 0 saturated carbocycles. The predicted octanol–water partition coefficient (Wildman–Crippen LogP) is 4.58. The Morgan fingerprint density at radius 1 is 0.737 bits per heavy atom. The summed E-state index contributed by atoms with van der Waals surface area (Å²) in [6, 6.07) is 28.7. The SMILES string of the molecule is CC(C)[C@H](N)[C@@H]1O[C@H](C(=O)O)[C@@H](OCc2ccccc2)[C@H](OCc2ccccc2)[C@H]1OCc1ccccc1. The van der Waals surface area contributed by atoms with Crippen LogP contribution < -0.4 is 5.73 Å². The van der Waals surface area contributed by atoms with E-state index >= 15 is 0 Å². The molecule has 3 aromatic carbocycles. The van der Waals surface area contributed by atoms with Crippen LogP contribution in [-0.4, -0.2) is 47.6 Å². The summed E-state index contributed by atoms with van der Waals surface area (Å²) < 4.78 is 25.4. The zero-order chi connectivity index (χ0) is 26.9. The molecule has 1 fully saturated rings. The van der Waals surface area contributed by atoms with Gasteiger partial charge in [-0.05, 0) is 22.6 Å². The Bertz CT molecular complexity index is 1110. The van der Waals surface area contributed by atoms with Crippen molar-refractivity contribution in [1.82, 2.24) is 0 Å². The predicted molar refractivity (Wildman–Crippen MR) is 144 cm³/mol. The van der Waals surface area contributed by atoms with Crippen LogP contribution in [0.25, 0.3) is 0 Å². The van der Waals surface area contributed by atoms with Crippen molar-refractivity contribution < 1.29 is 28.8 Å². The van der Waals surface area contributed by atoms with Crippen molar-refractivity contribution >= 4 is 5.97 Å². The Labute approximate surface area is 224 Å². The molecule has 0 aromatic heterocycles. The van der Waals surface area contributed by atoms with E-state index in [4.69, 9.17) is 24.7 Å². The lowest BCUT2D eigenvalue weighted by Gasteiger charge is -2.47. The third kappa shape index (κ3) is 7.28. The Morgan fingerprint density at radius 2 is 1.13 bits per heavy atom. The molecule has 3 aromatic rings. The van der Waals surface area contributed by atoms with E-state index in [9.17, 15) is 9.90 Å². The number of benzene rings is 3. The molecule has 0 bridgehead atoms. The number of hydrogen-bond donors (Lipinski definition) is 2. The van der Waals surface area contributed by atoms with Gasteiger partial charge in [0.05, 0.1) is 19.8 Å². The summed E-state index contributed by atoms with van der Waals surface area (Å²) >= 11 is 0. The van der Waals surface area contributed by atoms with E-state index in [1.54, 1.807) is 0 Å². The first kappa shape index (κ1) is 28.0. The first-order chi connectivity index (χ1) is 18.4. The van der Waals surface area contributed by atoms with Crippen molar-refractivity contribution in [2.75, 3.05) is 0 Å². The maximum atomic E-state index is 12.5. The molecule has 1 saturated heterocycles.